The molecule has 1 aliphatic rings. The van der Waals surface area contributed by atoms with Crippen LogP contribution < -0.4 is 10.1 Å². The van der Waals surface area contributed by atoms with Gasteiger partial charge in [0.25, 0.3) is 0 Å². The van der Waals surface area contributed by atoms with Gasteiger partial charge in [-0.1, -0.05) is 6.07 Å². The third-order valence-corrected chi connectivity index (χ3v) is 7.62. The molecule has 0 bridgehead atoms. The maximum atomic E-state index is 15.5. The molecule has 1 aliphatic heterocycles. The first-order chi connectivity index (χ1) is 22.1. The summed E-state index contributed by atoms with van der Waals surface area (Å²) >= 11 is 0. The van der Waals surface area contributed by atoms with Crippen molar-refractivity contribution in [1.82, 2.24) is 24.8 Å². The minimum absolute atomic E-state index is 0.0490. The third kappa shape index (κ3) is 6.69. The van der Waals surface area contributed by atoms with Crippen LogP contribution in [0.3, 0.4) is 0 Å². The number of fused-ring (bicyclic) bond motifs is 1. The summed E-state index contributed by atoms with van der Waals surface area (Å²) in [5.41, 5.74) is 1.76. The molecule has 0 spiro atoms. The Morgan fingerprint density at radius 1 is 1.04 bits per heavy atom. The van der Waals surface area contributed by atoms with E-state index in [-0.39, 0.29) is 65.4 Å². The molecule has 0 radical (unpaired) electrons. The second-order valence-electron chi connectivity index (χ2n) is 10.9. The first-order valence-electron chi connectivity index (χ1n) is 14.4. The van der Waals surface area contributed by atoms with Gasteiger partial charge < -0.3 is 24.5 Å². The number of imidazole rings is 1. The Morgan fingerprint density at radius 2 is 1.85 bits per heavy atom. The van der Waals surface area contributed by atoms with Crippen molar-refractivity contribution in [3.05, 3.63) is 106 Å². The van der Waals surface area contributed by atoms with Gasteiger partial charge >= 0.3 is 5.97 Å². The van der Waals surface area contributed by atoms with E-state index in [1.165, 1.54) is 43.5 Å². The summed E-state index contributed by atoms with van der Waals surface area (Å²) < 4.78 is 58.5. The molecule has 6 rings (SSSR count). The quantitative estimate of drug-likeness (QED) is 0.204. The number of rotatable bonds is 11. The number of aromatic carboxylic acids is 1. The molecule has 0 saturated carbocycles. The van der Waals surface area contributed by atoms with Gasteiger partial charge in [0.15, 0.2) is 0 Å². The van der Waals surface area contributed by atoms with Crippen LogP contribution in [-0.2, 0) is 35.6 Å². The number of carboxylic acid groups (broad SMARTS) is 1. The molecule has 3 aromatic heterocycles. The van der Waals surface area contributed by atoms with Gasteiger partial charge in [-0.25, -0.2) is 27.9 Å². The maximum absolute atomic E-state index is 15.5. The fourth-order valence-corrected chi connectivity index (χ4v) is 5.08. The van der Waals surface area contributed by atoms with Crippen molar-refractivity contribution in [2.24, 2.45) is 0 Å². The Bertz CT molecular complexity index is 1960. The number of amides is 1. The molecule has 1 saturated heterocycles. The van der Waals surface area contributed by atoms with Crippen molar-refractivity contribution in [1.29, 1.82) is 0 Å². The number of hydrogen-bond donors (Lipinski definition) is 2. The Kier molecular flexibility index (Phi) is 8.66. The van der Waals surface area contributed by atoms with E-state index in [1.54, 1.807) is 16.7 Å². The van der Waals surface area contributed by atoms with Crippen LogP contribution in [0.15, 0.2) is 60.8 Å². The van der Waals surface area contributed by atoms with Gasteiger partial charge in [-0.05, 0) is 54.4 Å². The van der Waals surface area contributed by atoms with Crippen molar-refractivity contribution < 1.29 is 37.3 Å². The van der Waals surface area contributed by atoms with Crippen LogP contribution in [0.1, 0.15) is 46.3 Å². The van der Waals surface area contributed by atoms with Crippen molar-refractivity contribution in [3.63, 3.8) is 0 Å². The predicted molar refractivity (Wildman–Crippen MR) is 159 cm³/mol. The lowest BCUT2D eigenvalue weighted by Crippen LogP contribution is -2.31. The number of carbonyl (C=O) groups is 2. The summed E-state index contributed by atoms with van der Waals surface area (Å²) in [5.74, 6) is -2.81. The zero-order valence-electron chi connectivity index (χ0n) is 24.6. The highest BCUT2D eigenvalue weighted by Gasteiger charge is 2.24. The minimum atomic E-state index is -1.08. The zero-order chi connectivity index (χ0) is 32.4. The maximum Gasteiger partial charge on any atom is 0.335 e. The van der Waals surface area contributed by atoms with Gasteiger partial charge in [-0.3, -0.25) is 9.78 Å². The fourth-order valence-electron chi connectivity index (χ4n) is 5.08. The number of hydrogen-bond acceptors (Lipinski definition) is 7. The van der Waals surface area contributed by atoms with Crippen molar-refractivity contribution >= 4 is 22.9 Å². The Labute approximate surface area is 260 Å². The Morgan fingerprint density at radius 3 is 2.57 bits per heavy atom. The molecule has 10 nitrogen and oxygen atoms in total. The highest BCUT2D eigenvalue weighted by atomic mass is 19.1. The molecule has 13 heteroatoms. The van der Waals surface area contributed by atoms with Crippen LogP contribution in [0.4, 0.5) is 13.2 Å². The normalized spacial score (nSPS) is 14.2. The Balaban J connectivity index is 1.21. The van der Waals surface area contributed by atoms with E-state index >= 15 is 8.78 Å². The SMILES string of the molecule is CC(=O)NCc1cc(F)c(COc2cccc(-c3cc(F)c(Cc4nc5ccc(C(=O)O)cc5n4C[C@@H]4CCO4)cc3F)n2)cn1. The monoisotopic (exact) mass is 631 g/mol. The third-order valence-electron chi connectivity index (χ3n) is 7.62. The summed E-state index contributed by atoms with van der Waals surface area (Å²) in [7, 11) is 0. The smallest absolute Gasteiger partial charge is 0.335 e. The lowest BCUT2D eigenvalue weighted by molar-refractivity contribution is -0.119. The molecule has 1 atom stereocenters. The number of nitrogens with one attached hydrogen (secondary N) is 1. The number of pyridine rings is 2. The van der Waals surface area contributed by atoms with Crippen LogP contribution >= 0.6 is 0 Å². The average Bonchev–Trinajstić information content (AvgIpc) is 3.35. The van der Waals surface area contributed by atoms with E-state index in [2.05, 4.69) is 20.3 Å². The number of halogens is 3. The second-order valence-corrected chi connectivity index (χ2v) is 10.9. The first kappa shape index (κ1) is 30.7. The molecule has 46 heavy (non-hydrogen) atoms. The molecule has 1 fully saturated rings. The fraction of sp³-hybridized carbons (Fsp3) is 0.242. The standard InChI is InChI=1S/C33H28F3N5O5/c1-18(42)37-15-22-12-25(34)21(14-38-22)17-46-32-4-2-3-28(40-32)24-13-26(35)20(9-27(24)36)11-31-39-29-6-5-19(33(43)44)10-30(29)41(31)16-23-7-8-45-23/h2-6,9-10,12-14,23H,7-8,11,15-17H2,1H3,(H,37,42)(H,43,44)/t23-/m0/s1. The number of aromatic nitrogens is 4. The molecular weight excluding hydrogens is 603 g/mol. The molecule has 236 valence electrons. The van der Waals surface area contributed by atoms with Gasteiger partial charge in [0.1, 0.15) is 29.9 Å². The molecule has 4 heterocycles. The van der Waals surface area contributed by atoms with Gasteiger partial charge in [-0.2, -0.15) is 0 Å². The van der Waals surface area contributed by atoms with Crippen LogP contribution in [0.25, 0.3) is 22.3 Å². The van der Waals surface area contributed by atoms with Gasteiger partial charge in [0, 0.05) is 43.3 Å². The van der Waals surface area contributed by atoms with Crippen LogP contribution in [0.2, 0.25) is 0 Å². The van der Waals surface area contributed by atoms with E-state index in [9.17, 15) is 19.1 Å². The summed E-state index contributed by atoms with van der Waals surface area (Å²) in [5, 5.41) is 12.0. The lowest BCUT2D eigenvalue weighted by Gasteiger charge is -2.27. The zero-order valence-corrected chi connectivity index (χ0v) is 24.6. The first-order valence-corrected chi connectivity index (χ1v) is 14.4. The Hall–Kier alpha value is -5.30. The number of nitrogens with zero attached hydrogens (tertiary/aromatic N) is 4. The highest BCUT2D eigenvalue weighted by Crippen LogP contribution is 2.29. The summed E-state index contributed by atoms with van der Waals surface area (Å²) in [4.78, 5) is 35.7. The topological polar surface area (TPSA) is 128 Å². The van der Waals surface area contributed by atoms with Gasteiger partial charge in [0.2, 0.25) is 11.8 Å². The molecule has 2 N–H and O–H groups in total. The van der Waals surface area contributed by atoms with Crippen molar-refractivity contribution in [3.8, 4) is 17.1 Å². The molecule has 0 unspecified atom stereocenters. The summed E-state index contributed by atoms with van der Waals surface area (Å²) in [6.45, 7) is 2.24. The molecular formula is C33H28F3N5O5. The van der Waals surface area contributed by atoms with Crippen LogP contribution in [0, 0.1) is 17.5 Å². The van der Waals surface area contributed by atoms with Crippen LogP contribution in [-0.4, -0.2) is 49.2 Å². The lowest BCUT2D eigenvalue weighted by atomic mass is 10.0. The largest absolute Gasteiger partial charge is 0.478 e. The average molecular weight is 632 g/mol. The minimum Gasteiger partial charge on any atom is -0.478 e. The molecule has 0 aliphatic carbocycles. The van der Waals surface area contributed by atoms with E-state index < -0.39 is 23.4 Å². The van der Waals surface area contributed by atoms with Gasteiger partial charge in [0.05, 0.1) is 47.2 Å². The highest BCUT2D eigenvalue weighted by molar-refractivity contribution is 5.92. The number of carboxylic acids is 1. The van der Waals surface area contributed by atoms with Crippen molar-refractivity contribution in [2.75, 3.05) is 6.61 Å². The van der Waals surface area contributed by atoms with E-state index in [1.807, 2.05) is 0 Å². The summed E-state index contributed by atoms with van der Waals surface area (Å²) in [6, 6.07) is 12.5. The van der Waals surface area contributed by atoms with Crippen LogP contribution in [0.5, 0.6) is 5.88 Å². The summed E-state index contributed by atoms with van der Waals surface area (Å²) in [6.07, 6.45) is 1.98. The van der Waals surface area contributed by atoms with E-state index in [0.717, 1.165) is 18.6 Å². The molecule has 5 aromatic rings. The number of ether oxygens (including phenoxy) is 2. The molecule has 1 amide bonds. The molecule has 2 aromatic carbocycles. The van der Waals surface area contributed by atoms with E-state index in [4.69, 9.17) is 9.47 Å². The predicted octanol–water partition coefficient (Wildman–Crippen LogP) is 5.20. The van der Waals surface area contributed by atoms with Gasteiger partial charge in [-0.15, -0.1) is 0 Å². The second kappa shape index (κ2) is 13.0. The van der Waals surface area contributed by atoms with Crippen molar-refractivity contribution in [2.45, 2.75) is 45.6 Å². The number of benzene rings is 2. The number of carbonyl (C=O) groups excluding carboxylic acids is 1. The van der Waals surface area contributed by atoms with E-state index in [0.29, 0.717) is 35.7 Å².